The lowest BCUT2D eigenvalue weighted by Crippen LogP contribution is -1.97. The first-order chi connectivity index (χ1) is 8.69. The molecule has 0 amide bonds. The second-order valence-electron chi connectivity index (χ2n) is 3.30. The molecule has 0 saturated carbocycles. The van der Waals surface area contributed by atoms with E-state index in [0.29, 0.717) is 11.6 Å². The van der Waals surface area contributed by atoms with Crippen molar-refractivity contribution < 1.29 is 19.2 Å². The molecule has 1 N–H and O–H groups in total. The summed E-state index contributed by atoms with van der Waals surface area (Å²) in [5.41, 5.74) is 0.750. The average molecular weight is 266 g/mol. The minimum Gasteiger partial charge on any atom is -0.497 e. The van der Waals surface area contributed by atoms with Crippen molar-refractivity contribution in [1.82, 2.24) is 10.1 Å². The molecule has 2 aromatic rings. The highest BCUT2D eigenvalue weighted by molar-refractivity contribution is 7.99. The van der Waals surface area contributed by atoms with Gasteiger partial charge in [-0.2, -0.15) is 4.98 Å². The molecule has 0 atom stereocenters. The number of carboxylic acid groups (broad SMARTS) is 1. The molecule has 0 bridgehead atoms. The number of benzene rings is 1. The molecule has 1 heterocycles. The summed E-state index contributed by atoms with van der Waals surface area (Å²) in [4.78, 5) is 14.5. The molecule has 0 aliphatic rings. The smallest absolute Gasteiger partial charge is 0.314 e. The van der Waals surface area contributed by atoms with Gasteiger partial charge in [-0.25, -0.2) is 0 Å². The quantitative estimate of drug-likeness (QED) is 0.827. The van der Waals surface area contributed by atoms with E-state index in [4.69, 9.17) is 14.4 Å². The lowest BCUT2D eigenvalue weighted by molar-refractivity contribution is -0.133. The first kappa shape index (κ1) is 12.4. The van der Waals surface area contributed by atoms with Crippen LogP contribution in [0.3, 0.4) is 0 Å². The molecule has 7 heteroatoms. The molecule has 1 aromatic carbocycles. The molecule has 0 unspecified atom stereocenters. The number of hydrogen-bond donors (Lipinski definition) is 1. The average Bonchev–Trinajstić information content (AvgIpc) is 2.85. The number of ether oxygens (including phenoxy) is 1. The van der Waals surface area contributed by atoms with Gasteiger partial charge in [-0.3, -0.25) is 4.79 Å². The Kier molecular flexibility index (Phi) is 3.83. The number of aromatic nitrogens is 2. The van der Waals surface area contributed by atoms with Crippen molar-refractivity contribution in [1.29, 1.82) is 0 Å². The summed E-state index contributed by atoms with van der Waals surface area (Å²) in [5, 5.41) is 12.6. The van der Waals surface area contributed by atoms with Gasteiger partial charge in [0.05, 0.1) is 7.11 Å². The zero-order chi connectivity index (χ0) is 13.0. The van der Waals surface area contributed by atoms with E-state index in [-0.39, 0.29) is 11.0 Å². The van der Waals surface area contributed by atoms with Gasteiger partial charge in [0.1, 0.15) is 11.5 Å². The van der Waals surface area contributed by atoms with Crippen LogP contribution in [-0.2, 0) is 4.79 Å². The van der Waals surface area contributed by atoms with Crippen LogP contribution in [0.25, 0.3) is 11.4 Å². The second-order valence-corrected chi connectivity index (χ2v) is 4.22. The Labute approximate surface area is 107 Å². The molecule has 2 rings (SSSR count). The summed E-state index contributed by atoms with van der Waals surface area (Å²) in [5.74, 6) is 0.0553. The number of hydrogen-bond acceptors (Lipinski definition) is 6. The van der Waals surface area contributed by atoms with Crippen LogP contribution in [0.4, 0.5) is 0 Å². The maximum absolute atomic E-state index is 10.4. The summed E-state index contributed by atoms with van der Waals surface area (Å²) in [6, 6.07) is 7.22. The van der Waals surface area contributed by atoms with Gasteiger partial charge in [0.25, 0.3) is 5.22 Å². The van der Waals surface area contributed by atoms with Gasteiger partial charge < -0.3 is 14.4 Å². The van der Waals surface area contributed by atoms with E-state index >= 15 is 0 Å². The van der Waals surface area contributed by atoms with Gasteiger partial charge in [0, 0.05) is 5.56 Å². The van der Waals surface area contributed by atoms with E-state index in [1.54, 1.807) is 13.2 Å². The molecule has 0 aliphatic carbocycles. The number of aliphatic carboxylic acids is 1. The number of nitrogens with zero attached hydrogens (tertiary/aromatic N) is 2. The topological polar surface area (TPSA) is 85.5 Å². The van der Waals surface area contributed by atoms with E-state index in [1.165, 1.54) is 0 Å². The SMILES string of the molecule is COc1cccc(-c2noc(SCC(=O)O)n2)c1. The van der Waals surface area contributed by atoms with Gasteiger partial charge in [0.15, 0.2) is 0 Å². The minimum atomic E-state index is -0.930. The minimum absolute atomic E-state index is 0.111. The van der Waals surface area contributed by atoms with Gasteiger partial charge in [-0.1, -0.05) is 29.1 Å². The Hall–Kier alpha value is -2.02. The fourth-order valence-corrected chi connectivity index (χ4v) is 1.76. The summed E-state index contributed by atoms with van der Waals surface area (Å²) in [6.07, 6.45) is 0. The summed E-state index contributed by atoms with van der Waals surface area (Å²) < 4.78 is 10.0. The normalized spacial score (nSPS) is 10.3. The standard InChI is InChI=1S/C11H10N2O4S/c1-16-8-4-2-3-7(5-8)10-12-11(17-13-10)18-6-9(14)15/h2-5H,6H2,1H3,(H,14,15). The molecular formula is C11H10N2O4S. The van der Waals surface area contributed by atoms with Crippen LogP contribution in [0.2, 0.25) is 0 Å². The van der Waals surface area contributed by atoms with Crippen molar-refractivity contribution in [3.05, 3.63) is 24.3 Å². The highest BCUT2D eigenvalue weighted by Gasteiger charge is 2.11. The van der Waals surface area contributed by atoms with Crippen molar-refractivity contribution in [3.8, 4) is 17.1 Å². The van der Waals surface area contributed by atoms with Crippen LogP contribution in [0.5, 0.6) is 5.75 Å². The highest BCUT2D eigenvalue weighted by Crippen LogP contribution is 2.24. The number of methoxy groups -OCH3 is 1. The summed E-state index contributed by atoms with van der Waals surface area (Å²) in [6.45, 7) is 0. The third-order valence-corrected chi connectivity index (χ3v) is 2.86. The molecular weight excluding hydrogens is 256 g/mol. The number of rotatable bonds is 5. The van der Waals surface area contributed by atoms with Gasteiger partial charge >= 0.3 is 5.97 Å². The summed E-state index contributed by atoms with van der Waals surface area (Å²) in [7, 11) is 1.57. The lowest BCUT2D eigenvalue weighted by atomic mass is 10.2. The fourth-order valence-electron chi connectivity index (χ4n) is 1.27. The predicted octanol–water partition coefficient (Wildman–Crippen LogP) is 1.92. The Morgan fingerprint density at radius 2 is 2.39 bits per heavy atom. The highest BCUT2D eigenvalue weighted by atomic mass is 32.2. The van der Waals surface area contributed by atoms with Crippen molar-refractivity contribution >= 4 is 17.7 Å². The molecule has 6 nitrogen and oxygen atoms in total. The zero-order valence-electron chi connectivity index (χ0n) is 9.49. The van der Waals surface area contributed by atoms with Crippen LogP contribution in [0, 0.1) is 0 Å². The second kappa shape index (κ2) is 5.54. The molecule has 94 valence electrons. The van der Waals surface area contributed by atoms with Crippen molar-refractivity contribution in [2.45, 2.75) is 5.22 Å². The largest absolute Gasteiger partial charge is 0.497 e. The Morgan fingerprint density at radius 3 is 3.11 bits per heavy atom. The van der Waals surface area contributed by atoms with Crippen molar-refractivity contribution in [3.63, 3.8) is 0 Å². The maximum Gasteiger partial charge on any atom is 0.314 e. The molecule has 18 heavy (non-hydrogen) atoms. The molecule has 0 fully saturated rings. The molecule has 0 spiro atoms. The molecule has 0 saturated heterocycles. The van der Waals surface area contributed by atoms with Crippen molar-refractivity contribution in [2.75, 3.05) is 12.9 Å². The summed E-state index contributed by atoms with van der Waals surface area (Å²) >= 11 is 0.983. The van der Waals surface area contributed by atoms with E-state index in [0.717, 1.165) is 17.3 Å². The van der Waals surface area contributed by atoms with Crippen LogP contribution < -0.4 is 4.74 Å². The van der Waals surface area contributed by atoms with E-state index in [1.807, 2.05) is 18.2 Å². The molecule has 1 aromatic heterocycles. The first-order valence-electron chi connectivity index (χ1n) is 5.02. The Balaban J connectivity index is 2.15. The van der Waals surface area contributed by atoms with Crippen LogP contribution in [0.15, 0.2) is 34.0 Å². The van der Waals surface area contributed by atoms with Crippen LogP contribution in [0.1, 0.15) is 0 Å². The predicted molar refractivity (Wildman–Crippen MR) is 64.6 cm³/mol. The zero-order valence-corrected chi connectivity index (χ0v) is 10.3. The first-order valence-corrected chi connectivity index (χ1v) is 6.00. The van der Waals surface area contributed by atoms with E-state index in [2.05, 4.69) is 10.1 Å². The molecule has 0 aliphatic heterocycles. The maximum atomic E-state index is 10.4. The van der Waals surface area contributed by atoms with E-state index in [9.17, 15) is 4.79 Å². The third-order valence-electron chi connectivity index (χ3n) is 2.05. The van der Waals surface area contributed by atoms with Crippen LogP contribution in [-0.4, -0.2) is 34.1 Å². The van der Waals surface area contributed by atoms with Gasteiger partial charge in [-0.05, 0) is 12.1 Å². The van der Waals surface area contributed by atoms with Gasteiger partial charge in [0.2, 0.25) is 5.82 Å². The third kappa shape index (κ3) is 3.01. The number of carboxylic acids is 1. The number of thioether (sulfide) groups is 1. The van der Waals surface area contributed by atoms with Crippen molar-refractivity contribution in [2.24, 2.45) is 0 Å². The lowest BCUT2D eigenvalue weighted by Gasteiger charge is -1.99. The Morgan fingerprint density at radius 1 is 1.56 bits per heavy atom. The van der Waals surface area contributed by atoms with E-state index < -0.39 is 5.97 Å². The number of carbonyl (C=O) groups is 1. The van der Waals surface area contributed by atoms with Gasteiger partial charge in [-0.15, -0.1) is 0 Å². The van der Waals surface area contributed by atoms with Crippen LogP contribution >= 0.6 is 11.8 Å². The fraction of sp³-hybridized carbons (Fsp3) is 0.182. The monoisotopic (exact) mass is 266 g/mol. The molecule has 0 radical (unpaired) electrons. The Bertz CT molecular complexity index is 555.